The van der Waals surface area contributed by atoms with E-state index in [9.17, 15) is 19.5 Å². The molecule has 12 heteroatoms. The zero-order valence-corrected chi connectivity index (χ0v) is 17.8. The zero-order valence-electron chi connectivity index (χ0n) is 16.2. The molecule has 3 rings (SSSR count). The van der Waals surface area contributed by atoms with Gasteiger partial charge in [-0.3, -0.25) is 9.59 Å². The van der Waals surface area contributed by atoms with Gasteiger partial charge in [0.05, 0.1) is 5.69 Å². The number of anilines is 1. The van der Waals surface area contributed by atoms with Gasteiger partial charge in [-0.05, 0) is 32.4 Å². The number of aromatic nitrogens is 1. The van der Waals surface area contributed by atoms with Crippen molar-refractivity contribution in [3.63, 3.8) is 0 Å². The lowest BCUT2D eigenvalue weighted by molar-refractivity contribution is -0.160. The number of β-lactam (4-membered cyclic amide) rings is 1. The lowest BCUT2D eigenvalue weighted by Gasteiger charge is -2.43. The molecule has 1 aromatic rings. The van der Waals surface area contributed by atoms with Crippen LogP contribution in [0.2, 0.25) is 0 Å². The summed E-state index contributed by atoms with van der Waals surface area (Å²) in [4.78, 5) is 47.1. The number of nitrogen functional groups attached to an aromatic ring is 1. The molecule has 3 atom stereocenters. The molecule has 3 heterocycles. The van der Waals surface area contributed by atoms with Crippen molar-refractivity contribution in [2.75, 3.05) is 12.8 Å². The largest absolute Gasteiger partial charge is 0.480 e. The maximum atomic E-state index is 12.8. The zero-order chi connectivity index (χ0) is 21.5. The van der Waals surface area contributed by atoms with Crippen molar-refractivity contribution in [3.05, 3.63) is 16.6 Å². The second-order valence-corrected chi connectivity index (χ2v) is 9.77. The summed E-state index contributed by atoms with van der Waals surface area (Å²) < 4.78 is -0.671. The monoisotopic (exact) mass is 439 g/mol. The van der Waals surface area contributed by atoms with Gasteiger partial charge in [0.2, 0.25) is 5.91 Å². The standard InChI is InChI=1S/C17H21N5O5S2/c1-7(5-8-6-28-16(18)19-8)9(21-27-4)12(23)20-10-13(24)22-11(15(25)26)17(2,3)29-14(10)22/h5-6,10-11,14H,1-4H3,(H2,18,19)(H,20,23)(H,25,26)/b7-5+,21-9-/t10-,11+,14-/m1/s1. The Balaban J connectivity index is 1.77. The molecule has 0 spiro atoms. The van der Waals surface area contributed by atoms with E-state index in [2.05, 4.69) is 15.5 Å². The summed E-state index contributed by atoms with van der Waals surface area (Å²) in [5.41, 5.74) is 6.65. The number of nitrogens with two attached hydrogens (primary N) is 1. The van der Waals surface area contributed by atoms with Gasteiger partial charge in [0, 0.05) is 10.1 Å². The number of carbonyl (C=O) groups is 3. The molecule has 0 aliphatic carbocycles. The Kier molecular flexibility index (Phi) is 5.59. The number of carboxylic acid groups (broad SMARTS) is 1. The van der Waals surface area contributed by atoms with Crippen LogP contribution in [0.3, 0.4) is 0 Å². The number of hydrogen-bond donors (Lipinski definition) is 3. The number of nitrogens with zero attached hydrogens (tertiary/aromatic N) is 3. The number of thiazole rings is 1. The highest BCUT2D eigenvalue weighted by molar-refractivity contribution is 8.01. The lowest BCUT2D eigenvalue weighted by atomic mass is 9.96. The van der Waals surface area contributed by atoms with Crippen LogP contribution in [0.25, 0.3) is 6.08 Å². The number of oxime groups is 1. The van der Waals surface area contributed by atoms with E-state index in [-0.39, 0.29) is 5.71 Å². The first-order valence-corrected chi connectivity index (χ1v) is 10.4. The Morgan fingerprint density at radius 3 is 2.72 bits per heavy atom. The fourth-order valence-corrected chi connectivity index (χ4v) is 5.54. The minimum Gasteiger partial charge on any atom is -0.480 e. The molecule has 2 aliphatic heterocycles. The van der Waals surface area contributed by atoms with Crippen LogP contribution >= 0.6 is 23.1 Å². The summed E-state index contributed by atoms with van der Waals surface area (Å²) in [6.07, 6.45) is 1.63. The number of amides is 2. The molecular formula is C17H21N5O5S2. The number of carboxylic acids is 1. The molecule has 29 heavy (non-hydrogen) atoms. The number of nitrogens with one attached hydrogen (secondary N) is 1. The Hall–Kier alpha value is -2.60. The van der Waals surface area contributed by atoms with Gasteiger partial charge in [0.15, 0.2) is 10.8 Å². The summed E-state index contributed by atoms with van der Waals surface area (Å²) >= 11 is 2.61. The molecule has 0 unspecified atom stereocenters. The van der Waals surface area contributed by atoms with Gasteiger partial charge in [-0.2, -0.15) is 0 Å². The second kappa shape index (κ2) is 7.67. The Labute approximate surface area is 175 Å². The van der Waals surface area contributed by atoms with Crippen LogP contribution in [-0.2, 0) is 19.2 Å². The predicted molar refractivity (Wildman–Crippen MR) is 110 cm³/mol. The molecule has 0 radical (unpaired) electrons. The number of fused-ring (bicyclic) bond motifs is 1. The molecule has 0 aromatic carbocycles. The quantitative estimate of drug-likeness (QED) is 0.334. The smallest absolute Gasteiger partial charge is 0.327 e. The van der Waals surface area contributed by atoms with E-state index in [0.717, 1.165) is 0 Å². The van der Waals surface area contributed by atoms with Gasteiger partial charge in [0.25, 0.3) is 5.91 Å². The molecule has 156 valence electrons. The first kappa shape index (κ1) is 21.1. The Morgan fingerprint density at radius 1 is 1.48 bits per heavy atom. The fraction of sp³-hybridized carbons (Fsp3) is 0.471. The highest BCUT2D eigenvalue weighted by atomic mass is 32.2. The van der Waals surface area contributed by atoms with E-state index in [1.165, 1.54) is 35.1 Å². The van der Waals surface area contributed by atoms with E-state index >= 15 is 0 Å². The van der Waals surface area contributed by atoms with E-state index in [1.807, 2.05) is 0 Å². The third kappa shape index (κ3) is 3.81. The minimum atomic E-state index is -1.06. The maximum absolute atomic E-state index is 12.8. The van der Waals surface area contributed by atoms with Gasteiger partial charge in [-0.25, -0.2) is 9.78 Å². The first-order chi connectivity index (χ1) is 13.6. The molecule has 10 nitrogen and oxygen atoms in total. The van der Waals surface area contributed by atoms with Crippen LogP contribution in [0, 0.1) is 0 Å². The topological polar surface area (TPSA) is 147 Å². The first-order valence-electron chi connectivity index (χ1n) is 8.61. The molecule has 1 aromatic heterocycles. The summed E-state index contributed by atoms with van der Waals surface area (Å²) in [5, 5.41) is 17.6. The number of carbonyl (C=O) groups excluding carboxylic acids is 2. The summed E-state index contributed by atoms with van der Waals surface area (Å²) in [6.45, 7) is 5.20. The molecule has 2 amide bonds. The Morgan fingerprint density at radius 2 is 2.17 bits per heavy atom. The van der Waals surface area contributed by atoms with Gasteiger partial charge < -0.3 is 25.9 Å². The van der Waals surface area contributed by atoms with Crippen molar-refractivity contribution < 1.29 is 24.3 Å². The van der Waals surface area contributed by atoms with E-state index in [0.29, 0.717) is 16.4 Å². The van der Waals surface area contributed by atoms with E-state index in [1.54, 1.807) is 32.2 Å². The van der Waals surface area contributed by atoms with E-state index in [4.69, 9.17) is 10.6 Å². The predicted octanol–water partition coefficient (Wildman–Crippen LogP) is 0.763. The lowest BCUT2D eigenvalue weighted by Crippen LogP contribution is -2.71. The molecule has 2 aliphatic rings. The maximum Gasteiger partial charge on any atom is 0.327 e. The highest BCUT2D eigenvalue weighted by Crippen LogP contribution is 2.50. The van der Waals surface area contributed by atoms with Gasteiger partial charge in [-0.1, -0.05) is 5.16 Å². The molecule has 0 bridgehead atoms. The number of aliphatic carboxylic acids is 1. The third-order valence-corrected chi connectivity index (χ3v) is 6.90. The van der Waals surface area contributed by atoms with E-state index < -0.39 is 40.0 Å². The van der Waals surface area contributed by atoms with Crippen LogP contribution in [-0.4, -0.2) is 67.8 Å². The molecule has 2 saturated heterocycles. The third-order valence-electron chi connectivity index (χ3n) is 4.64. The van der Waals surface area contributed by atoms with Crippen molar-refractivity contribution >= 4 is 57.8 Å². The van der Waals surface area contributed by atoms with Crippen molar-refractivity contribution in [2.24, 2.45) is 5.16 Å². The van der Waals surface area contributed by atoms with Gasteiger partial charge in [0.1, 0.15) is 24.6 Å². The second-order valence-electron chi connectivity index (χ2n) is 7.11. The summed E-state index contributed by atoms with van der Waals surface area (Å²) in [7, 11) is 1.31. The van der Waals surface area contributed by atoms with Crippen LogP contribution in [0.1, 0.15) is 26.5 Å². The van der Waals surface area contributed by atoms with Crippen molar-refractivity contribution in [2.45, 2.75) is 43.0 Å². The summed E-state index contributed by atoms with van der Waals surface area (Å²) in [6, 6.07) is -1.78. The van der Waals surface area contributed by atoms with Crippen LogP contribution in [0.4, 0.5) is 5.13 Å². The molecule has 2 fully saturated rings. The molecular weight excluding hydrogens is 418 g/mol. The number of hydrogen-bond acceptors (Lipinski definition) is 9. The average molecular weight is 440 g/mol. The van der Waals surface area contributed by atoms with Crippen LogP contribution in [0.15, 0.2) is 16.1 Å². The number of thioether (sulfide) groups is 1. The van der Waals surface area contributed by atoms with Gasteiger partial charge in [-0.15, -0.1) is 23.1 Å². The minimum absolute atomic E-state index is 0.0117. The van der Waals surface area contributed by atoms with Crippen LogP contribution < -0.4 is 11.1 Å². The van der Waals surface area contributed by atoms with Crippen molar-refractivity contribution in [1.29, 1.82) is 0 Å². The van der Waals surface area contributed by atoms with Crippen molar-refractivity contribution in [1.82, 2.24) is 15.2 Å². The molecule has 4 N–H and O–H groups in total. The normalized spacial score (nSPS) is 26.0. The SMILES string of the molecule is CO/N=C(C(=O)N[C@@H]1C(=O)N2[C@@H]1SC(C)(C)[C@@H]2C(=O)O)/C(C)=C/c1csc(N)n1. The van der Waals surface area contributed by atoms with Crippen molar-refractivity contribution in [3.8, 4) is 0 Å². The Bertz CT molecular complexity index is 925. The van der Waals surface area contributed by atoms with Crippen LogP contribution in [0.5, 0.6) is 0 Å². The van der Waals surface area contributed by atoms with Gasteiger partial charge >= 0.3 is 5.97 Å². The fourth-order valence-electron chi connectivity index (χ4n) is 3.40. The number of rotatable bonds is 6. The highest BCUT2D eigenvalue weighted by Gasteiger charge is 2.64. The summed E-state index contributed by atoms with van der Waals surface area (Å²) in [5.74, 6) is -2.09. The average Bonchev–Trinajstić information content (AvgIpc) is 3.15. The molecule has 0 saturated carbocycles.